The predicted molar refractivity (Wildman–Crippen MR) is 82.7 cm³/mol. The summed E-state index contributed by atoms with van der Waals surface area (Å²) in [5.41, 5.74) is 2.79. The van der Waals surface area contributed by atoms with E-state index in [-0.39, 0.29) is 6.04 Å². The van der Waals surface area contributed by atoms with Gasteiger partial charge in [-0.05, 0) is 54.8 Å². The maximum Gasteiger partial charge on any atom is 0.159 e. The normalized spacial score (nSPS) is 12.4. The van der Waals surface area contributed by atoms with E-state index in [1.807, 2.05) is 32.0 Å². The molecule has 1 nitrogen and oxygen atoms in total. The lowest BCUT2D eigenvalue weighted by atomic mass is 9.98. The van der Waals surface area contributed by atoms with E-state index in [1.54, 1.807) is 6.07 Å². The summed E-state index contributed by atoms with van der Waals surface area (Å²) in [5.74, 6) is -1.66. The monoisotopic (exact) mass is 309 g/mol. The summed E-state index contributed by atoms with van der Waals surface area (Å²) in [7, 11) is 0. The summed E-state index contributed by atoms with van der Waals surface area (Å²) >= 11 is 6.26. The highest BCUT2D eigenvalue weighted by Gasteiger charge is 2.15. The second-order valence-electron chi connectivity index (χ2n) is 5.08. The minimum absolute atomic E-state index is 0.106. The van der Waals surface area contributed by atoms with Crippen LogP contribution in [0.1, 0.15) is 29.7 Å². The number of halogens is 3. The number of hydrogen-bond donors (Lipinski definition) is 1. The fraction of sp³-hybridized carbons (Fsp3) is 0.294. The molecule has 1 unspecified atom stereocenters. The van der Waals surface area contributed by atoms with E-state index in [2.05, 4.69) is 5.32 Å². The van der Waals surface area contributed by atoms with Crippen LogP contribution in [-0.2, 0) is 6.42 Å². The van der Waals surface area contributed by atoms with Crippen LogP contribution in [0.4, 0.5) is 8.78 Å². The van der Waals surface area contributed by atoms with Gasteiger partial charge in [0.05, 0.1) is 0 Å². The number of hydrogen-bond acceptors (Lipinski definition) is 1. The first-order valence-electron chi connectivity index (χ1n) is 6.94. The Balaban J connectivity index is 2.28. The number of benzene rings is 2. The van der Waals surface area contributed by atoms with E-state index in [9.17, 15) is 8.78 Å². The summed E-state index contributed by atoms with van der Waals surface area (Å²) in [6.07, 6.45) is 0.623. The van der Waals surface area contributed by atoms with Gasteiger partial charge in [-0.1, -0.05) is 36.7 Å². The van der Waals surface area contributed by atoms with Crippen molar-refractivity contribution in [2.24, 2.45) is 0 Å². The van der Waals surface area contributed by atoms with Crippen LogP contribution in [0.15, 0.2) is 36.4 Å². The lowest BCUT2D eigenvalue weighted by Gasteiger charge is -2.19. The Morgan fingerprint density at radius 3 is 2.48 bits per heavy atom. The van der Waals surface area contributed by atoms with Crippen LogP contribution in [0.25, 0.3) is 0 Å². The minimum Gasteiger partial charge on any atom is -0.310 e. The van der Waals surface area contributed by atoms with Gasteiger partial charge >= 0.3 is 0 Å². The average molecular weight is 310 g/mol. The van der Waals surface area contributed by atoms with Gasteiger partial charge in [0.25, 0.3) is 0 Å². The number of aryl methyl sites for hydroxylation is 1. The van der Waals surface area contributed by atoms with E-state index in [0.29, 0.717) is 17.0 Å². The van der Waals surface area contributed by atoms with Crippen molar-refractivity contribution >= 4 is 11.6 Å². The van der Waals surface area contributed by atoms with Crippen LogP contribution < -0.4 is 5.32 Å². The molecule has 1 atom stereocenters. The summed E-state index contributed by atoms with van der Waals surface area (Å²) in [6.45, 7) is 4.68. The molecule has 2 aromatic rings. The molecule has 0 bridgehead atoms. The first kappa shape index (κ1) is 15.9. The highest BCUT2D eigenvalue weighted by molar-refractivity contribution is 6.31. The average Bonchev–Trinajstić information content (AvgIpc) is 2.44. The van der Waals surface area contributed by atoms with Gasteiger partial charge in [-0.15, -0.1) is 0 Å². The van der Waals surface area contributed by atoms with Gasteiger partial charge in [-0.2, -0.15) is 0 Å². The van der Waals surface area contributed by atoms with E-state index >= 15 is 0 Å². The molecule has 1 N–H and O–H groups in total. The van der Waals surface area contributed by atoms with Crippen LogP contribution in [-0.4, -0.2) is 6.54 Å². The number of rotatable bonds is 5. The molecule has 0 saturated carbocycles. The van der Waals surface area contributed by atoms with Crippen molar-refractivity contribution in [1.82, 2.24) is 5.32 Å². The second-order valence-corrected chi connectivity index (χ2v) is 5.49. The Labute approximate surface area is 128 Å². The minimum atomic E-state index is -0.831. The number of likely N-dealkylation sites (N-methyl/N-ethyl adjacent to an activating group) is 1. The maximum absolute atomic E-state index is 13.4. The third kappa shape index (κ3) is 4.02. The van der Waals surface area contributed by atoms with Crippen LogP contribution in [0, 0.1) is 18.6 Å². The van der Waals surface area contributed by atoms with Crippen LogP contribution in [0.2, 0.25) is 5.02 Å². The zero-order valence-corrected chi connectivity index (χ0v) is 12.8. The van der Waals surface area contributed by atoms with Gasteiger partial charge in [0.2, 0.25) is 0 Å². The lowest BCUT2D eigenvalue weighted by molar-refractivity contribution is 0.497. The lowest BCUT2D eigenvalue weighted by Crippen LogP contribution is -2.23. The maximum atomic E-state index is 13.4. The molecular weight excluding hydrogens is 292 g/mol. The smallest absolute Gasteiger partial charge is 0.159 e. The molecule has 2 rings (SSSR count). The van der Waals surface area contributed by atoms with Crippen LogP contribution in [0.3, 0.4) is 0 Å². The van der Waals surface area contributed by atoms with Crippen molar-refractivity contribution in [2.45, 2.75) is 26.3 Å². The Morgan fingerprint density at radius 1 is 1.10 bits per heavy atom. The van der Waals surface area contributed by atoms with E-state index < -0.39 is 11.6 Å². The Morgan fingerprint density at radius 2 is 1.86 bits per heavy atom. The van der Waals surface area contributed by atoms with Crippen molar-refractivity contribution < 1.29 is 8.78 Å². The van der Waals surface area contributed by atoms with Crippen molar-refractivity contribution in [1.29, 1.82) is 0 Å². The molecule has 0 amide bonds. The van der Waals surface area contributed by atoms with Gasteiger partial charge in [-0.25, -0.2) is 8.78 Å². The zero-order valence-electron chi connectivity index (χ0n) is 12.1. The molecule has 112 valence electrons. The largest absolute Gasteiger partial charge is 0.310 e. The standard InChI is InChI=1S/C17H18ClF2N/c1-3-21-17(13-6-7-15(19)16(20)9-13)10-12-5-4-11(2)8-14(12)18/h4-9,17,21H,3,10H2,1-2H3. The highest BCUT2D eigenvalue weighted by atomic mass is 35.5. The molecule has 0 spiro atoms. The molecule has 21 heavy (non-hydrogen) atoms. The van der Waals surface area contributed by atoms with Gasteiger partial charge in [-0.3, -0.25) is 0 Å². The van der Waals surface area contributed by atoms with Gasteiger partial charge in [0.15, 0.2) is 11.6 Å². The van der Waals surface area contributed by atoms with Crippen molar-refractivity contribution in [3.63, 3.8) is 0 Å². The third-order valence-electron chi connectivity index (χ3n) is 3.43. The Kier molecular flexibility index (Phi) is 5.32. The van der Waals surface area contributed by atoms with Gasteiger partial charge in [0.1, 0.15) is 0 Å². The third-order valence-corrected chi connectivity index (χ3v) is 3.78. The molecule has 0 aliphatic carbocycles. The highest BCUT2D eigenvalue weighted by Crippen LogP contribution is 2.25. The van der Waals surface area contributed by atoms with E-state index in [4.69, 9.17) is 11.6 Å². The molecule has 0 aliphatic rings. The molecule has 0 fully saturated rings. The summed E-state index contributed by atoms with van der Waals surface area (Å²) in [6, 6.07) is 9.78. The van der Waals surface area contributed by atoms with Crippen LogP contribution in [0.5, 0.6) is 0 Å². The van der Waals surface area contributed by atoms with Crippen molar-refractivity contribution in [3.05, 3.63) is 69.7 Å². The SMILES string of the molecule is CCNC(Cc1ccc(C)cc1Cl)c1ccc(F)c(F)c1. The number of nitrogens with one attached hydrogen (secondary N) is 1. The summed E-state index contributed by atoms with van der Waals surface area (Å²) in [5, 5.41) is 3.98. The summed E-state index contributed by atoms with van der Waals surface area (Å²) in [4.78, 5) is 0. The molecular formula is C17H18ClF2N. The van der Waals surface area contributed by atoms with Gasteiger partial charge < -0.3 is 5.32 Å². The van der Waals surface area contributed by atoms with Crippen molar-refractivity contribution in [3.8, 4) is 0 Å². The molecule has 0 aliphatic heterocycles. The Hall–Kier alpha value is -1.45. The molecule has 0 radical (unpaired) electrons. The molecule has 4 heteroatoms. The topological polar surface area (TPSA) is 12.0 Å². The second kappa shape index (κ2) is 7.01. The fourth-order valence-electron chi connectivity index (χ4n) is 2.32. The fourth-order valence-corrected chi connectivity index (χ4v) is 2.63. The van der Waals surface area contributed by atoms with Gasteiger partial charge in [0, 0.05) is 11.1 Å². The molecule has 0 heterocycles. The molecule has 0 aromatic heterocycles. The quantitative estimate of drug-likeness (QED) is 0.835. The Bertz CT molecular complexity index is 628. The van der Waals surface area contributed by atoms with Crippen molar-refractivity contribution in [2.75, 3.05) is 6.54 Å². The van der Waals surface area contributed by atoms with E-state index in [1.165, 1.54) is 6.07 Å². The van der Waals surface area contributed by atoms with E-state index in [0.717, 1.165) is 23.7 Å². The predicted octanol–water partition coefficient (Wildman–Crippen LogP) is 4.82. The summed E-state index contributed by atoms with van der Waals surface area (Å²) < 4.78 is 26.5. The zero-order chi connectivity index (χ0) is 15.4. The first-order valence-corrected chi connectivity index (χ1v) is 7.32. The molecule has 0 saturated heterocycles. The molecule has 2 aromatic carbocycles. The first-order chi connectivity index (χ1) is 10.0. The van der Waals surface area contributed by atoms with Crippen LogP contribution >= 0.6 is 11.6 Å².